The summed E-state index contributed by atoms with van der Waals surface area (Å²) in [6.07, 6.45) is 4.34. The predicted molar refractivity (Wildman–Crippen MR) is 127 cm³/mol. The molecule has 5 N–H and O–H groups in total. The van der Waals surface area contributed by atoms with Crippen LogP contribution in [-0.4, -0.2) is 80.0 Å². The van der Waals surface area contributed by atoms with E-state index < -0.39 is 0 Å². The van der Waals surface area contributed by atoms with Gasteiger partial charge in [-0.3, -0.25) is 9.69 Å². The minimum absolute atomic E-state index is 0.0512. The summed E-state index contributed by atoms with van der Waals surface area (Å²) in [7, 11) is 6.02. The van der Waals surface area contributed by atoms with Gasteiger partial charge in [-0.1, -0.05) is 13.3 Å². The van der Waals surface area contributed by atoms with Crippen molar-refractivity contribution >= 4 is 34.0 Å². The standard InChI is InChI=1S/C22H38N6O2S/c1-5-6-8-28(22(30)25-7-9-26(2)3)21(29)15-10-14-11-16-18(31-20(24)19(16)23)12-17(14)27(4)13-15/h14-15,17H,5-13,23-24H2,1-4H3,(H,25,30)/t14-,15-,17-/m1/s1. The number of unbranched alkanes of at least 4 members (excludes halogenated alkanes) is 1. The third-order valence-electron chi connectivity index (χ3n) is 6.66. The lowest BCUT2D eigenvalue weighted by molar-refractivity contribution is -0.136. The first-order chi connectivity index (χ1) is 14.7. The maximum absolute atomic E-state index is 13.5. The number of carbonyl (C=O) groups is 2. The number of carbonyl (C=O) groups excluding carboxylic acids is 2. The zero-order valence-electron chi connectivity index (χ0n) is 19.3. The predicted octanol–water partition coefficient (Wildman–Crippen LogP) is 1.85. The minimum Gasteiger partial charge on any atom is -0.396 e. The molecule has 31 heavy (non-hydrogen) atoms. The van der Waals surface area contributed by atoms with Gasteiger partial charge in [0.2, 0.25) is 5.91 Å². The molecular formula is C22H38N6O2S. The van der Waals surface area contributed by atoms with Crippen molar-refractivity contribution < 1.29 is 9.59 Å². The van der Waals surface area contributed by atoms with Crippen molar-refractivity contribution in [2.45, 2.75) is 45.1 Å². The highest BCUT2D eigenvalue weighted by Crippen LogP contribution is 2.44. The number of anilines is 2. The largest absolute Gasteiger partial charge is 0.396 e. The fourth-order valence-electron chi connectivity index (χ4n) is 4.88. The number of nitrogens with one attached hydrogen (secondary N) is 1. The second-order valence-corrected chi connectivity index (χ2v) is 10.4. The molecular weight excluding hydrogens is 412 g/mol. The van der Waals surface area contributed by atoms with Gasteiger partial charge in [0.05, 0.1) is 11.6 Å². The average Bonchev–Trinajstić information content (AvgIpc) is 2.99. The Bertz CT molecular complexity index is 795. The number of nitrogens with two attached hydrogens (primary N) is 2. The number of imide groups is 1. The SMILES string of the molecule is CCCCN(C(=O)NCCN(C)C)C(=O)[C@@H]1C[C@@H]2Cc3c(sc(N)c3N)C[C@H]2N(C)C1. The van der Waals surface area contributed by atoms with Gasteiger partial charge in [-0.2, -0.15) is 0 Å². The molecule has 1 aliphatic carbocycles. The summed E-state index contributed by atoms with van der Waals surface area (Å²) in [6, 6.07) is 0.123. The number of hydrogen-bond donors (Lipinski definition) is 3. The number of rotatable bonds is 7. The number of piperidine rings is 1. The number of amides is 3. The molecule has 0 bridgehead atoms. The van der Waals surface area contributed by atoms with Crippen LogP contribution in [0.25, 0.3) is 0 Å². The molecule has 3 rings (SSSR count). The molecule has 3 amide bonds. The topological polar surface area (TPSA) is 108 Å². The van der Waals surface area contributed by atoms with Crippen molar-refractivity contribution in [1.29, 1.82) is 0 Å². The number of urea groups is 1. The van der Waals surface area contributed by atoms with Crippen LogP contribution in [0.1, 0.15) is 36.6 Å². The Balaban J connectivity index is 1.70. The Labute approximate surface area is 189 Å². The van der Waals surface area contributed by atoms with Crippen LogP contribution in [0.3, 0.4) is 0 Å². The highest BCUT2D eigenvalue weighted by Gasteiger charge is 2.42. The van der Waals surface area contributed by atoms with Crippen LogP contribution in [0, 0.1) is 11.8 Å². The summed E-state index contributed by atoms with van der Waals surface area (Å²) >= 11 is 1.60. The molecule has 174 valence electrons. The van der Waals surface area contributed by atoms with Crippen LogP contribution in [0.5, 0.6) is 0 Å². The van der Waals surface area contributed by atoms with Crippen LogP contribution in [0.15, 0.2) is 0 Å². The summed E-state index contributed by atoms with van der Waals surface area (Å²) in [5, 5.41) is 3.62. The molecule has 1 aromatic heterocycles. The van der Waals surface area contributed by atoms with Crippen molar-refractivity contribution in [3.05, 3.63) is 10.4 Å². The summed E-state index contributed by atoms with van der Waals surface area (Å²) in [6.45, 7) is 4.49. The molecule has 1 aliphatic heterocycles. The quantitative estimate of drug-likeness (QED) is 0.585. The van der Waals surface area contributed by atoms with E-state index in [1.54, 1.807) is 11.3 Å². The first-order valence-electron chi connectivity index (χ1n) is 11.3. The van der Waals surface area contributed by atoms with Crippen LogP contribution in [0.4, 0.5) is 15.5 Å². The molecule has 0 saturated carbocycles. The lowest BCUT2D eigenvalue weighted by Crippen LogP contribution is -2.55. The van der Waals surface area contributed by atoms with E-state index in [2.05, 4.69) is 24.2 Å². The highest BCUT2D eigenvalue weighted by atomic mass is 32.1. The van der Waals surface area contributed by atoms with Gasteiger partial charge < -0.3 is 26.6 Å². The molecule has 2 aliphatic rings. The van der Waals surface area contributed by atoms with Gasteiger partial charge in [0.25, 0.3) is 0 Å². The zero-order valence-corrected chi connectivity index (χ0v) is 20.1. The van der Waals surface area contributed by atoms with E-state index in [1.165, 1.54) is 15.3 Å². The van der Waals surface area contributed by atoms with Crippen molar-refractivity contribution in [2.75, 3.05) is 58.8 Å². The number of thiophene rings is 1. The van der Waals surface area contributed by atoms with Gasteiger partial charge in [0.15, 0.2) is 0 Å². The maximum Gasteiger partial charge on any atom is 0.324 e. The third-order valence-corrected chi connectivity index (χ3v) is 7.76. The molecule has 0 radical (unpaired) electrons. The molecule has 9 heteroatoms. The van der Waals surface area contributed by atoms with Crippen LogP contribution < -0.4 is 16.8 Å². The Morgan fingerprint density at radius 3 is 2.65 bits per heavy atom. The van der Waals surface area contributed by atoms with Crippen molar-refractivity contribution in [2.24, 2.45) is 11.8 Å². The van der Waals surface area contributed by atoms with Crippen LogP contribution in [-0.2, 0) is 17.6 Å². The minimum atomic E-state index is -0.272. The number of nitrogen functional groups attached to an aromatic ring is 2. The van der Waals surface area contributed by atoms with Gasteiger partial charge in [-0.25, -0.2) is 4.79 Å². The molecule has 1 aromatic rings. The number of likely N-dealkylation sites (tertiary alicyclic amines) is 1. The van der Waals surface area contributed by atoms with E-state index in [9.17, 15) is 9.59 Å². The number of hydrogen-bond acceptors (Lipinski definition) is 7. The van der Waals surface area contributed by atoms with E-state index >= 15 is 0 Å². The van der Waals surface area contributed by atoms with Crippen LogP contribution in [0.2, 0.25) is 0 Å². The van der Waals surface area contributed by atoms with Crippen molar-refractivity contribution in [1.82, 2.24) is 20.0 Å². The number of likely N-dealkylation sites (N-methyl/N-ethyl adjacent to an activating group) is 2. The second kappa shape index (κ2) is 10.2. The van der Waals surface area contributed by atoms with Gasteiger partial charge in [0.1, 0.15) is 5.00 Å². The van der Waals surface area contributed by atoms with Gasteiger partial charge in [-0.05, 0) is 58.3 Å². The summed E-state index contributed by atoms with van der Waals surface area (Å²) < 4.78 is 0. The summed E-state index contributed by atoms with van der Waals surface area (Å²) in [5.41, 5.74) is 14.2. The van der Waals surface area contributed by atoms with E-state index in [0.717, 1.165) is 44.3 Å². The number of fused-ring (bicyclic) bond motifs is 2. The molecule has 0 aromatic carbocycles. The molecule has 3 atom stereocenters. The van der Waals surface area contributed by atoms with E-state index in [1.807, 2.05) is 19.0 Å². The highest BCUT2D eigenvalue weighted by molar-refractivity contribution is 7.16. The second-order valence-electron chi connectivity index (χ2n) is 9.27. The van der Waals surface area contributed by atoms with E-state index in [4.69, 9.17) is 11.5 Å². The Morgan fingerprint density at radius 2 is 1.97 bits per heavy atom. The molecule has 0 spiro atoms. The van der Waals surface area contributed by atoms with Crippen molar-refractivity contribution in [3.8, 4) is 0 Å². The Hall–Kier alpha value is -1.84. The fraction of sp³-hybridized carbons (Fsp3) is 0.727. The molecule has 1 saturated heterocycles. The average molecular weight is 451 g/mol. The lowest BCUT2D eigenvalue weighted by atomic mass is 9.74. The monoisotopic (exact) mass is 450 g/mol. The first-order valence-corrected chi connectivity index (χ1v) is 12.1. The third kappa shape index (κ3) is 5.32. The molecule has 0 unspecified atom stereocenters. The Morgan fingerprint density at radius 1 is 1.23 bits per heavy atom. The van der Waals surface area contributed by atoms with Gasteiger partial charge in [-0.15, -0.1) is 11.3 Å². The van der Waals surface area contributed by atoms with Gasteiger partial charge >= 0.3 is 6.03 Å². The summed E-state index contributed by atoms with van der Waals surface area (Å²) in [4.78, 5) is 33.3. The molecule has 2 heterocycles. The van der Waals surface area contributed by atoms with Crippen LogP contribution >= 0.6 is 11.3 Å². The molecule has 8 nitrogen and oxygen atoms in total. The van der Waals surface area contributed by atoms with Crippen molar-refractivity contribution in [3.63, 3.8) is 0 Å². The van der Waals surface area contributed by atoms with E-state index in [0.29, 0.717) is 36.6 Å². The first kappa shape index (κ1) is 23.8. The smallest absolute Gasteiger partial charge is 0.324 e. The fourth-order valence-corrected chi connectivity index (χ4v) is 5.95. The Kier molecular flexibility index (Phi) is 7.82. The zero-order chi connectivity index (χ0) is 22.7. The maximum atomic E-state index is 13.5. The van der Waals surface area contributed by atoms with Gasteiger partial charge in [0, 0.05) is 37.1 Å². The lowest BCUT2D eigenvalue weighted by Gasteiger charge is -2.45. The molecule has 1 fully saturated rings. The normalized spacial score (nSPS) is 23.3. The summed E-state index contributed by atoms with van der Waals surface area (Å²) in [5.74, 6) is 0.118. The van der Waals surface area contributed by atoms with E-state index in [-0.39, 0.29) is 17.9 Å². The number of nitrogens with zero attached hydrogens (tertiary/aromatic N) is 3.